The fraction of sp³-hybridized carbons (Fsp3) is 0.435. The summed E-state index contributed by atoms with van der Waals surface area (Å²) in [5.41, 5.74) is 1.15. The lowest BCUT2D eigenvalue weighted by molar-refractivity contribution is -0.120. The molecular weight excluding hydrogens is 394 g/mol. The standard InChI is InChI=1S/C23H29N5OS/c1-15-7-5-12-20(16(15)2)25-22(29)14-30-23-27-26-21(28(23)24)13-18-10-6-9-17-8-3-4-11-19(17)18/h3-4,6,8-11,15-16,20H,5,7,12-14,24H2,1-2H3,(H,25,29)/t15-,16+,20-/m0/s1. The van der Waals surface area contributed by atoms with Gasteiger partial charge in [0, 0.05) is 12.5 Å². The fourth-order valence-corrected chi connectivity index (χ4v) is 4.99. The van der Waals surface area contributed by atoms with Crippen LogP contribution >= 0.6 is 11.8 Å². The van der Waals surface area contributed by atoms with Crippen LogP contribution < -0.4 is 11.2 Å². The Balaban J connectivity index is 1.38. The SMILES string of the molecule is C[C@H]1[C@@H](NC(=O)CSc2nnc(Cc3cccc4ccccc34)n2N)CCC[C@@H]1C. The van der Waals surface area contributed by atoms with E-state index in [1.54, 1.807) is 0 Å². The van der Waals surface area contributed by atoms with Gasteiger partial charge in [-0.25, -0.2) is 4.68 Å². The molecule has 0 spiro atoms. The van der Waals surface area contributed by atoms with Crippen molar-refractivity contribution in [2.24, 2.45) is 11.8 Å². The van der Waals surface area contributed by atoms with E-state index < -0.39 is 0 Å². The molecule has 0 radical (unpaired) electrons. The summed E-state index contributed by atoms with van der Waals surface area (Å²) in [7, 11) is 0. The number of carbonyl (C=O) groups excluding carboxylic acids is 1. The number of nitrogen functional groups attached to an aromatic ring is 1. The first kappa shape index (κ1) is 20.7. The number of hydrogen-bond donors (Lipinski definition) is 2. The third-order valence-electron chi connectivity index (χ3n) is 6.35. The van der Waals surface area contributed by atoms with Crippen molar-refractivity contribution in [1.29, 1.82) is 0 Å². The number of hydrogen-bond acceptors (Lipinski definition) is 5. The highest BCUT2D eigenvalue weighted by atomic mass is 32.2. The second-order valence-electron chi connectivity index (χ2n) is 8.31. The minimum Gasteiger partial charge on any atom is -0.352 e. The van der Waals surface area contributed by atoms with Crippen molar-refractivity contribution in [1.82, 2.24) is 20.2 Å². The summed E-state index contributed by atoms with van der Waals surface area (Å²) in [5.74, 6) is 8.42. The Morgan fingerprint density at radius 1 is 1.17 bits per heavy atom. The quantitative estimate of drug-likeness (QED) is 0.466. The van der Waals surface area contributed by atoms with E-state index in [-0.39, 0.29) is 11.9 Å². The van der Waals surface area contributed by atoms with Gasteiger partial charge in [0.25, 0.3) is 0 Å². The summed E-state index contributed by atoms with van der Waals surface area (Å²) < 4.78 is 1.50. The molecule has 4 rings (SSSR count). The summed E-state index contributed by atoms with van der Waals surface area (Å²) in [6, 6.07) is 14.8. The number of nitrogens with two attached hydrogens (primary N) is 1. The highest BCUT2D eigenvalue weighted by Gasteiger charge is 2.28. The second kappa shape index (κ2) is 9.08. The van der Waals surface area contributed by atoms with Crippen LogP contribution in [0.3, 0.4) is 0 Å². The molecule has 1 aromatic heterocycles. The summed E-state index contributed by atoms with van der Waals surface area (Å²) in [6.45, 7) is 4.50. The molecule has 1 saturated carbocycles. The van der Waals surface area contributed by atoms with Crippen LogP contribution in [-0.2, 0) is 11.2 Å². The number of rotatable bonds is 6. The average Bonchev–Trinajstić information content (AvgIpc) is 3.09. The van der Waals surface area contributed by atoms with Crippen molar-refractivity contribution in [3.05, 3.63) is 53.9 Å². The highest BCUT2D eigenvalue weighted by Crippen LogP contribution is 2.29. The molecule has 1 aliphatic carbocycles. The van der Waals surface area contributed by atoms with Gasteiger partial charge in [-0.05, 0) is 34.6 Å². The lowest BCUT2D eigenvalue weighted by atomic mass is 9.78. The van der Waals surface area contributed by atoms with Crippen molar-refractivity contribution in [2.45, 2.75) is 50.7 Å². The first-order valence-electron chi connectivity index (χ1n) is 10.6. The van der Waals surface area contributed by atoms with E-state index in [1.807, 2.05) is 18.2 Å². The number of benzene rings is 2. The largest absolute Gasteiger partial charge is 0.352 e. The molecule has 0 bridgehead atoms. The summed E-state index contributed by atoms with van der Waals surface area (Å²) >= 11 is 1.33. The number of nitrogens with one attached hydrogen (secondary N) is 1. The fourth-order valence-electron chi connectivity index (χ4n) is 4.31. The molecule has 158 valence electrons. The van der Waals surface area contributed by atoms with Gasteiger partial charge in [-0.3, -0.25) is 4.79 Å². The molecule has 1 aliphatic rings. The third kappa shape index (κ3) is 4.46. The van der Waals surface area contributed by atoms with E-state index >= 15 is 0 Å². The molecular formula is C23H29N5OS. The molecule has 7 heteroatoms. The van der Waals surface area contributed by atoms with Crippen LogP contribution in [0.25, 0.3) is 10.8 Å². The summed E-state index contributed by atoms with van der Waals surface area (Å²) in [4.78, 5) is 12.5. The molecule has 1 fully saturated rings. The lowest BCUT2D eigenvalue weighted by Crippen LogP contribution is -2.44. The van der Waals surface area contributed by atoms with Crippen LogP contribution in [0, 0.1) is 11.8 Å². The molecule has 0 unspecified atom stereocenters. The molecule has 30 heavy (non-hydrogen) atoms. The predicted octanol–water partition coefficient (Wildman–Crippen LogP) is 3.77. The predicted molar refractivity (Wildman–Crippen MR) is 122 cm³/mol. The minimum absolute atomic E-state index is 0.0320. The van der Waals surface area contributed by atoms with Crippen LogP contribution in [-0.4, -0.2) is 32.6 Å². The van der Waals surface area contributed by atoms with E-state index in [4.69, 9.17) is 5.84 Å². The zero-order chi connectivity index (χ0) is 21.1. The van der Waals surface area contributed by atoms with Crippen molar-refractivity contribution in [2.75, 3.05) is 11.6 Å². The zero-order valence-corrected chi connectivity index (χ0v) is 18.4. The molecule has 6 nitrogen and oxygen atoms in total. The summed E-state index contributed by atoms with van der Waals surface area (Å²) in [6.07, 6.45) is 4.08. The molecule has 0 saturated heterocycles. The van der Waals surface area contributed by atoms with Gasteiger partial charge in [-0.1, -0.05) is 80.9 Å². The van der Waals surface area contributed by atoms with Gasteiger partial charge in [0.2, 0.25) is 11.1 Å². The van der Waals surface area contributed by atoms with Crippen molar-refractivity contribution < 1.29 is 4.79 Å². The second-order valence-corrected chi connectivity index (χ2v) is 9.26. The molecule has 2 aromatic carbocycles. The van der Waals surface area contributed by atoms with Crippen LogP contribution in [0.4, 0.5) is 0 Å². The maximum absolute atomic E-state index is 12.5. The monoisotopic (exact) mass is 423 g/mol. The normalized spacial score (nSPS) is 21.6. The molecule has 3 aromatic rings. The Morgan fingerprint density at radius 3 is 2.83 bits per heavy atom. The van der Waals surface area contributed by atoms with E-state index in [2.05, 4.69) is 53.6 Å². The minimum atomic E-state index is 0.0320. The Bertz CT molecular complexity index is 1030. The van der Waals surface area contributed by atoms with Gasteiger partial charge in [-0.2, -0.15) is 0 Å². The molecule has 3 atom stereocenters. The molecule has 1 amide bonds. The van der Waals surface area contributed by atoms with Crippen LogP contribution in [0.2, 0.25) is 0 Å². The van der Waals surface area contributed by atoms with Crippen molar-refractivity contribution in [3.63, 3.8) is 0 Å². The number of fused-ring (bicyclic) bond motifs is 1. The van der Waals surface area contributed by atoms with Crippen LogP contribution in [0.5, 0.6) is 0 Å². The Labute approximate surface area is 181 Å². The number of nitrogens with zero attached hydrogens (tertiary/aromatic N) is 3. The smallest absolute Gasteiger partial charge is 0.230 e. The van der Waals surface area contributed by atoms with Crippen molar-refractivity contribution >= 4 is 28.4 Å². The molecule has 3 N–H and O–H groups in total. The van der Waals surface area contributed by atoms with Crippen LogP contribution in [0.1, 0.15) is 44.5 Å². The maximum atomic E-state index is 12.5. The number of carbonyl (C=O) groups is 1. The van der Waals surface area contributed by atoms with E-state index in [1.165, 1.54) is 40.1 Å². The number of thioether (sulfide) groups is 1. The van der Waals surface area contributed by atoms with Crippen LogP contribution in [0.15, 0.2) is 47.6 Å². The highest BCUT2D eigenvalue weighted by molar-refractivity contribution is 7.99. The van der Waals surface area contributed by atoms with E-state index in [0.29, 0.717) is 35.0 Å². The number of amides is 1. The first-order valence-corrected chi connectivity index (χ1v) is 11.6. The first-order chi connectivity index (χ1) is 14.5. The third-order valence-corrected chi connectivity index (χ3v) is 7.29. The topological polar surface area (TPSA) is 85.8 Å². The van der Waals surface area contributed by atoms with E-state index in [0.717, 1.165) is 12.0 Å². The Kier molecular flexibility index (Phi) is 6.27. The van der Waals surface area contributed by atoms with Gasteiger partial charge >= 0.3 is 0 Å². The van der Waals surface area contributed by atoms with Gasteiger partial charge in [0.1, 0.15) is 0 Å². The van der Waals surface area contributed by atoms with Gasteiger partial charge in [0.15, 0.2) is 5.82 Å². The van der Waals surface area contributed by atoms with Gasteiger partial charge < -0.3 is 11.2 Å². The zero-order valence-electron chi connectivity index (χ0n) is 17.5. The lowest BCUT2D eigenvalue weighted by Gasteiger charge is -2.34. The Hall–Kier alpha value is -2.54. The van der Waals surface area contributed by atoms with Gasteiger partial charge in [0.05, 0.1) is 5.75 Å². The molecule has 0 aliphatic heterocycles. The summed E-state index contributed by atoms with van der Waals surface area (Å²) in [5, 5.41) is 14.6. The molecule has 1 heterocycles. The Morgan fingerprint density at radius 2 is 1.97 bits per heavy atom. The number of aromatic nitrogens is 3. The van der Waals surface area contributed by atoms with E-state index in [9.17, 15) is 4.79 Å². The van der Waals surface area contributed by atoms with Crippen molar-refractivity contribution in [3.8, 4) is 0 Å². The average molecular weight is 424 g/mol. The van der Waals surface area contributed by atoms with Gasteiger partial charge in [-0.15, -0.1) is 10.2 Å². The maximum Gasteiger partial charge on any atom is 0.230 e.